The van der Waals surface area contributed by atoms with E-state index in [0.717, 1.165) is 17.9 Å². The average molecular weight is 482 g/mol. The van der Waals surface area contributed by atoms with E-state index < -0.39 is 10.0 Å². The zero-order chi connectivity index (χ0) is 17.2. The molecule has 2 aliphatic rings. The number of nitrogens with one attached hydrogen (secondary N) is 1. The number of anilines is 1. The Hall–Kier alpha value is -1.27. The molecule has 0 spiro atoms. The molecule has 1 fully saturated rings. The summed E-state index contributed by atoms with van der Waals surface area (Å²) in [5.41, 5.74) is 6.67. The average Bonchev–Trinajstić information content (AvgIpc) is 2.69. The van der Waals surface area contributed by atoms with Crippen LogP contribution in [0.5, 0.6) is 11.5 Å². The second-order valence-corrected chi connectivity index (χ2v) is 7.99. The highest BCUT2D eigenvalue weighted by molar-refractivity contribution is 14.0. The maximum Gasteiger partial charge on any atom is 0.211 e. The molecule has 0 aromatic heterocycles. The van der Waals surface area contributed by atoms with E-state index in [1.807, 2.05) is 18.2 Å². The first-order chi connectivity index (χ1) is 11.4. The van der Waals surface area contributed by atoms with Gasteiger partial charge in [-0.25, -0.2) is 12.7 Å². The summed E-state index contributed by atoms with van der Waals surface area (Å²) >= 11 is 0. The molecule has 0 saturated carbocycles. The minimum Gasteiger partial charge on any atom is -0.490 e. The first-order valence-corrected chi connectivity index (χ1v) is 9.68. The Kier molecular flexibility index (Phi) is 6.74. The van der Waals surface area contributed by atoms with E-state index in [2.05, 4.69) is 10.3 Å². The van der Waals surface area contributed by atoms with Crippen LogP contribution in [0.25, 0.3) is 0 Å². The molecule has 0 amide bonds. The second kappa shape index (κ2) is 8.41. The van der Waals surface area contributed by atoms with Gasteiger partial charge < -0.3 is 20.5 Å². The Labute approximate surface area is 164 Å². The van der Waals surface area contributed by atoms with E-state index >= 15 is 0 Å². The van der Waals surface area contributed by atoms with Gasteiger partial charge in [0, 0.05) is 43.7 Å². The van der Waals surface area contributed by atoms with Gasteiger partial charge in [0.25, 0.3) is 0 Å². The van der Waals surface area contributed by atoms with Crippen molar-refractivity contribution in [2.24, 2.45) is 16.6 Å². The van der Waals surface area contributed by atoms with Gasteiger partial charge in [0.1, 0.15) is 0 Å². The van der Waals surface area contributed by atoms with Crippen molar-refractivity contribution >= 4 is 45.6 Å². The van der Waals surface area contributed by atoms with Crippen LogP contribution in [0.3, 0.4) is 0 Å². The number of hydrogen-bond acceptors (Lipinski definition) is 5. The summed E-state index contributed by atoms with van der Waals surface area (Å²) in [6, 6.07) is 5.52. The molecule has 0 unspecified atom stereocenters. The lowest BCUT2D eigenvalue weighted by Gasteiger charge is -2.36. The number of halogens is 1. The molecule has 25 heavy (non-hydrogen) atoms. The van der Waals surface area contributed by atoms with Crippen molar-refractivity contribution in [3.05, 3.63) is 18.2 Å². The van der Waals surface area contributed by atoms with E-state index in [0.29, 0.717) is 44.6 Å². The van der Waals surface area contributed by atoms with Crippen molar-refractivity contribution in [2.75, 3.05) is 44.4 Å². The Balaban J connectivity index is 0.00000225. The summed E-state index contributed by atoms with van der Waals surface area (Å²) in [6.07, 6.45) is 2.07. The van der Waals surface area contributed by atoms with Crippen molar-refractivity contribution < 1.29 is 17.9 Å². The molecule has 1 aromatic carbocycles. The van der Waals surface area contributed by atoms with Gasteiger partial charge in [0.05, 0.1) is 19.5 Å². The third kappa shape index (κ3) is 5.35. The highest BCUT2D eigenvalue weighted by atomic mass is 127. The molecule has 1 saturated heterocycles. The van der Waals surface area contributed by atoms with E-state index in [1.165, 1.54) is 10.6 Å². The molecular formula is C15H23IN4O4S. The smallest absolute Gasteiger partial charge is 0.211 e. The van der Waals surface area contributed by atoms with Crippen molar-refractivity contribution in [3.8, 4) is 11.5 Å². The highest BCUT2D eigenvalue weighted by Gasteiger charge is 2.32. The molecule has 0 radical (unpaired) electrons. The largest absolute Gasteiger partial charge is 0.490 e. The van der Waals surface area contributed by atoms with Crippen LogP contribution in [-0.4, -0.2) is 57.8 Å². The van der Waals surface area contributed by atoms with Gasteiger partial charge >= 0.3 is 0 Å². The fourth-order valence-electron chi connectivity index (χ4n) is 2.56. The number of fused-ring (bicyclic) bond motifs is 1. The van der Waals surface area contributed by atoms with Crippen molar-refractivity contribution in [3.63, 3.8) is 0 Å². The normalized spacial score (nSPS) is 18.7. The number of aliphatic imine (C=N–C) groups is 1. The number of rotatable bonds is 4. The van der Waals surface area contributed by atoms with Crippen LogP contribution >= 0.6 is 24.0 Å². The van der Waals surface area contributed by atoms with Gasteiger partial charge in [-0.05, 0) is 12.1 Å². The Morgan fingerprint density at radius 3 is 2.68 bits per heavy atom. The Morgan fingerprint density at radius 2 is 2.00 bits per heavy atom. The first-order valence-electron chi connectivity index (χ1n) is 7.83. The van der Waals surface area contributed by atoms with Gasteiger partial charge in [-0.2, -0.15) is 0 Å². The second-order valence-electron chi connectivity index (χ2n) is 6.01. The van der Waals surface area contributed by atoms with Crippen LogP contribution < -0.4 is 20.5 Å². The topological polar surface area (TPSA) is 106 Å². The fourth-order valence-corrected chi connectivity index (χ4v) is 3.53. The van der Waals surface area contributed by atoms with Crippen molar-refractivity contribution in [1.29, 1.82) is 0 Å². The third-order valence-corrected chi connectivity index (χ3v) is 5.17. The summed E-state index contributed by atoms with van der Waals surface area (Å²) in [5.74, 6) is 1.92. The number of ether oxygens (including phenoxy) is 2. The van der Waals surface area contributed by atoms with Crippen LogP contribution in [0.2, 0.25) is 0 Å². The Bertz CT molecular complexity index is 735. The molecule has 3 N–H and O–H groups in total. The zero-order valence-electron chi connectivity index (χ0n) is 14.0. The lowest BCUT2D eigenvalue weighted by atomic mass is 10.0. The lowest BCUT2D eigenvalue weighted by molar-refractivity contribution is 0.209. The highest BCUT2D eigenvalue weighted by Crippen LogP contribution is 2.32. The minimum absolute atomic E-state index is 0. The minimum atomic E-state index is -3.09. The van der Waals surface area contributed by atoms with Crippen LogP contribution in [-0.2, 0) is 10.0 Å². The van der Waals surface area contributed by atoms with Crippen LogP contribution in [0.1, 0.15) is 6.42 Å². The predicted octanol–water partition coefficient (Wildman–Crippen LogP) is 1.08. The van der Waals surface area contributed by atoms with E-state index in [-0.39, 0.29) is 29.9 Å². The van der Waals surface area contributed by atoms with Gasteiger partial charge in [-0.1, -0.05) is 0 Å². The summed E-state index contributed by atoms with van der Waals surface area (Å²) in [4.78, 5) is 4.28. The summed E-state index contributed by atoms with van der Waals surface area (Å²) in [5, 5.41) is 3.02. The summed E-state index contributed by atoms with van der Waals surface area (Å²) < 4.78 is 35.3. The number of benzene rings is 1. The van der Waals surface area contributed by atoms with E-state index in [4.69, 9.17) is 15.2 Å². The van der Waals surface area contributed by atoms with Crippen molar-refractivity contribution in [1.82, 2.24) is 4.31 Å². The SMILES string of the molecule is CS(=O)(=O)N1CC(CN=C(N)Nc2ccc3c(c2)OCCCO3)C1.I. The molecular weight excluding hydrogens is 459 g/mol. The van der Waals surface area contributed by atoms with Gasteiger partial charge in [0.2, 0.25) is 10.0 Å². The number of nitrogens with zero attached hydrogens (tertiary/aromatic N) is 2. The van der Waals surface area contributed by atoms with E-state index in [9.17, 15) is 8.42 Å². The molecule has 0 aliphatic carbocycles. The molecule has 0 atom stereocenters. The van der Waals surface area contributed by atoms with Crippen molar-refractivity contribution in [2.45, 2.75) is 6.42 Å². The standard InChI is InChI=1S/C15H22N4O4S.HI/c1-24(20,21)19-9-11(10-19)8-17-15(16)18-12-3-4-13-14(7-12)23-6-2-5-22-13;/h3-4,7,11H,2,5-6,8-10H2,1H3,(H3,16,17,18);1H. The molecule has 0 bridgehead atoms. The van der Waals surface area contributed by atoms with E-state index in [1.54, 1.807) is 0 Å². The van der Waals surface area contributed by atoms with Crippen LogP contribution in [0, 0.1) is 5.92 Å². The number of sulfonamides is 1. The molecule has 10 heteroatoms. The maximum atomic E-state index is 11.3. The summed E-state index contributed by atoms with van der Waals surface area (Å²) in [7, 11) is -3.09. The number of nitrogens with two attached hydrogens (primary N) is 1. The maximum absolute atomic E-state index is 11.3. The van der Waals surface area contributed by atoms with Gasteiger partial charge in [-0.15, -0.1) is 24.0 Å². The zero-order valence-corrected chi connectivity index (χ0v) is 17.1. The summed E-state index contributed by atoms with van der Waals surface area (Å²) in [6.45, 7) is 2.77. The van der Waals surface area contributed by atoms with Gasteiger partial charge in [0.15, 0.2) is 17.5 Å². The monoisotopic (exact) mass is 482 g/mol. The molecule has 1 aromatic rings. The molecule has 8 nitrogen and oxygen atoms in total. The molecule has 140 valence electrons. The van der Waals surface area contributed by atoms with Crippen LogP contribution in [0.4, 0.5) is 5.69 Å². The molecule has 2 aliphatic heterocycles. The first kappa shape index (κ1) is 20.0. The molecule has 3 rings (SSSR count). The predicted molar refractivity (Wildman–Crippen MR) is 107 cm³/mol. The lowest BCUT2D eigenvalue weighted by Crippen LogP contribution is -2.50. The number of guanidine groups is 1. The Morgan fingerprint density at radius 1 is 1.32 bits per heavy atom. The van der Waals surface area contributed by atoms with Gasteiger partial charge in [-0.3, -0.25) is 4.99 Å². The third-order valence-electron chi connectivity index (χ3n) is 3.93. The van der Waals surface area contributed by atoms with Crippen LogP contribution in [0.15, 0.2) is 23.2 Å². The number of hydrogen-bond donors (Lipinski definition) is 2. The quantitative estimate of drug-likeness (QED) is 0.378. The molecule has 2 heterocycles. The fraction of sp³-hybridized carbons (Fsp3) is 0.533.